The Bertz CT molecular complexity index is 638. The summed E-state index contributed by atoms with van der Waals surface area (Å²) < 4.78 is 0. The van der Waals surface area contributed by atoms with Crippen molar-refractivity contribution in [2.24, 2.45) is 0 Å². The van der Waals surface area contributed by atoms with E-state index in [1.807, 2.05) is 12.1 Å². The van der Waals surface area contributed by atoms with Gasteiger partial charge in [0.2, 0.25) is 5.91 Å². The Morgan fingerprint density at radius 1 is 1.05 bits per heavy atom. The predicted molar refractivity (Wildman–Crippen MR) is 75.6 cm³/mol. The Morgan fingerprint density at radius 3 is 2.30 bits per heavy atom. The lowest BCUT2D eigenvalue weighted by Gasteiger charge is -2.10. The van der Waals surface area contributed by atoms with Crippen molar-refractivity contribution >= 4 is 29.3 Å². The van der Waals surface area contributed by atoms with Crippen LogP contribution < -0.4 is 10.4 Å². The maximum Gasteiger partial charge on any atom is 0.221 e. The molecule has 0 spiro atoms. The fraction of sp³-hybridized carbons (Fsp3) is 0.0667. The van der Waals surface area contributed by atoms with Crippen molar-refractivity contribution in [2.45, 2.75) is 16.7 Å². The molecule has 5 heteroatoms. The molecule has 0 aromatic heterocycles. The zero-order chi connectivity index (χ0) is 14.5. The van der Waals surface area contributed by atoms with Gasteiger partial charge in [0.1, 0.15) is 0 Å². The summed E-state index contributed by atoms with van der Waals surface area (Å²) >= 11 is 1.34. The number of carboxylic acid groups (broad SMARTS) is 1. The zero-order valence-corrected chi connectivity index (χ0v) is 11.6. The predicted octanol–water partition coefficient (Wildman–Crippen LogP) is 2.16. The Balaban J connectivity index is 2.18. The highest BCUT2D eigenvalue weighted by molar-refractivity contribution is 7.99. The van der Waals surface area contributed by atoms with Crippen molar-refractivity contribution in [1.82, 2.24) is 0 Å². The summed E-state index contributed by atoms with van der Waals surface area (Å²) in [5, 5.41) is 13.7. The number of carbonyl (C=O) groups excluding carboxylic acids is 2. The molecular weight excluding hydrogens is 274 g/mol. The van der Waals surface area contributed by atoms with Crippen LogP contribution in [0.15, 0.2) is 58.3 Å². The second-order valence-electron chi connectivity index (χ2n) is 4.09. The molecule has 20 heavy (non-hydrogen) atoms. The molecule has 2 rings (SSSR count). The van der Waals surface area contributed by atoms with Crippen LogP contribution in [-0.2, 0) is 4.79 Å². The van der Waals surface area contributed by atoms with Gasteiger partial charge < -0.3 is 15.2 Å². The molecule has 0 unspecified atom stereocenters. The summed E-state index contributed by atoms with van der Waals surface area (Å²) in [6, 6.07) is 13.9. The fourth-order valence-corrected chi connectivity index (χ4v) is 2.59. The largest absolute Gasteiger partial charge is 0.545 e. The molecule has 4 nitrogen and oxygen atoms in total. The monoisotopic (exact) mass is 286 g/mol. The van der Waals surface area contributed by atoms with Gasteiger partial charge in [-0.05, 0) is 30.3 Å². The van der Waals surface area contributed by atoms with E-state index in [-0.39, 0.29) is 11.5 Å². The molecule has 1 N–H and O–H groups in total. The highest BCUT2D eigenvalue weighted by Crippen LogP contribution is 2.30. The Kier molecular flexibility index (Phi) is 4.42. The summed E-state index contributed by atoms with van der Waals surface area (Å²) in [7, 11) is 0. The normalized spacial score (nSPS) is 10.1. The molecular formula is C15H12NO3S-. The van der Waals surface area contributed by atoms with Crippen LogP contribution in [0.25, 0.3) is 0 Å². The highest BCUT2D eigenvalue weighted by atomic mass is 32.2. The standard InChI is InChI=1S/C15H13NO3S/c1-10(17)16-11-6-8-12(9-7-11)20-14-5-3-2-4-13(14)15(18)19/h2-9H,1H3,(H,16,17)(H,18,19)/p-1. The zero-order valence-electron chi connectivity index (χ0n) is 10.8. The number of anilines is 1. The first-order valence-electron chi connectivity index (χ1n) is 5.92. The molecule has 0 aliphatic rings. The van der Waals surface area contributed by atoms with E-state index in [0.29, 0.717) is 10.6 Å². The van der Waals surface area contributed by atoms with Crippen molar-refractivity contribution in [3.8, 4) is 0 Å². The van der Waals surface area contributed by atoms with Gasteiger partial charge >= 0.3 is 0 Å². The topological polar surface area (TPSA) is 69.2 Å². The molecule has 0 atom stereocenters. The van der Waals surface area contributed by atoms with Crippen LogP contribution in [0.5, 0.6) is 0 Å². The molecule has 0 saturated heterocycles. The second-order valence-corrected chi connectivity index (χ2v) is 5.21. The minimum Gasteiger partial charge on any atom is -0.545 e. The first-order chi connectivity index (χ1) is 9.56. The number of nitrogens with one attached hydrogen (secondary N) is 1. The summed E-state index contributed by atoms with van der Waals surface area (Å²) in [5.74, 6) is -1.32. The molecule has 0 aliphatic heterocycles. The maximum atomic E-state index is 11.0. The molecule has 0 saturated carbocycles. The first kappa shape index (κ1) is 14.1. The Morgan fingerprint density at radius 2 is 1.70 bits per heavy atom. The van der Waals surface area contributed by atoms with Crippen LogP contribution in [0, 0.1) is 0 Å². The highest BCUT2D eigenvalue weighted by Gasteiger charge is 2.05. The molecule has 0 bridgehead atoms. The van der Waals surface area contributed by atoms with Crippen molar-refractivity contribution in [3.63, 3.8) is 0 Å². The minimum atomic E-state index is -1.19. The van der Waals surface area contributed by atoms with Crippen molar-refractivity contribution in [1.29, 1.82) is 0 Å². The van der Waals surface area contributed by atoms with E-state index >= 15 is 0 Å². The third-order valence-electron chi connectivity index (χ3n) is 2.51. The van der Waals surface area contributed by atoms with Crippen LogP contribution in [0.2, 0.25) is 0 Å². The number of hydrogen-bond acceptors (Lipinski definition) is 4. The number of carboxylic acids is 1. The molecule has 102 valence electrons. The van der Waals surface area contributed by atoms with Gasteiger partial charge in [0, 0.05) is 28.0 Å². The van der Waals surface area contributed by atoms with Gasteiger partial charge in [-0.2, -0.15) is 0 Å². The molecule has 0 heterocycles. The number of aromatic carboxylic acids is 1. The number of carbonyl (C=O) groups is 2. The van der Waals surface area contributed by atoms with Crippen molar-refractivity contribution in [2.75, 3.05) is 5.32 Å². The van der Waals surface area contributed by atoms with E-state index < -0.39 is 5.97 Å². The van der Waals surface area contributed by atoms with E-state index in [0.717, 1.165) is 4.90 Å². The van der Waals surface area contributed by atoms with E-state index in [1.54, 1.807) is 30.3 Å². The van der Waals surface area contributed by atoms with Crippen LogP contribution >= 0.6 is 11.8 Å². The van der Waals surface area contributed by atoms with Crippen molar-refractivity contribution < 1.29 is 14.7 Å². The van der Waals surface area contributed by atoms with Gasteiger partial charge in [-0.15, -0.1) is 0 Å². The third kappa shape index (κ3) is 3.61. The van der Waals surface area contributed by atoms with Crippen molar-refractivity contribution in [3.05, 3.63) is 54.1 Å². The van der Waals surface area contributed by atoms with Gasteiger partial charge in [0.25, 0.3) is 0 Å². The van der Waals surface area contributed by atoms with Gasteiger partial charge in [-0.3, -0.25) is 4.79 Å². The van der Waals surface area contributed by atoms with Crippen LogP contribution in [0.4, 0.5) is 5.69 Å². The molecule has 0 radical (unpaired) electrons. The Hall–Kier alpha value is -2.27. The lowest BCUT2D eigenvalue weighted by atomic mass is 10.2. The molecule has 2 aromatic carbocycles. The molecule has 0 aliphatic carbocycles. The van der Waals surface area contributed by atoms with Gasteiger partial charge in [-0.1, -0.05) is 30.0 Å². The number of amides is 1. The Labute approximate surface area is 120 Å². The minimum absolute atomic E-state index is 0.132. The lowest BCUT2D eigenvalue weighted by molar-refractivity contribution is -0.255. The summed E-state index contributed by atoms with van der Waals surface area (Å²) in [6.07, 6.45) is 0. The van der Waals surface area contributed by atoms with Crippen LogP contribution in [0.3, 0.4) is 0 Å². The SMILES string of the molecule is CC(=O)Nc1ccc(Sc2ccccc2C(=O)[O-])cc1. The van der Waals surface area contributed by atoms with Gasteiger partial charge in [0.15, 0.2) is 0 Å². The average Bonchev–Trinajstić information content (AvgIpc) is 2.41. The average molecular weight is 286 g/mol. The third-order valence-corrected chi connectivity index (χ3v) is 3.59. The molecule has 1 amide bonds. The molecule has 0 fully saturated rings. The van der Waals surface area contributed by atoms with E-state index in [2.05, 4.69) is 5.32 Å². The smallest absolute Gasteiger partial charge is 0.221 e. The van der Waals surface area contributed by atoms with E-state index in [1.165, 1.54) is 24.8 Å². The summed E-state index contributed by atoms with van der Waals surface area (Å²) in [4.78, 5) is 23.4. The van der Waals surface area contributed by atoms with Gasteiger partial charge in [0.05, 0.1) is 5.97 Å². The van der Waals surface area contributed by atoms with Gasteiger partial charge in [-0.25, -0.2) is 0 Å². The van der Waals surface area contributed by atoms with Crippen LogP contribution in [-0.4, -0.2) is 11.9 Å². The molecule has 2 aromatic rings. The lowest BCUT2D eigenvalue weighted by Crippen LogP contribution is -2.22. The summed E-state index contributed by atoms with van der Waals surface area (Å²) in [6.45, 7) is 1.44. The van der Waals surface area contributed by atoms with E-state index in [4.69, 9.17) is 0 Å². The number of benzene rings is 2. The van der Waals surface area contributed by atoms with E-state index in [9.17, 15) is 14.7 Å². The van der Waals surface area contributed by atoms with Crippen LogP contribution in [0.1, 0.15) is 17.3 Å². The number of rotatable bonds is 4. The second kappa shape index (κ2) is 6.25. The maximum absolute atomic E-state index is 11.0. The number of hydrogen-bond donors (Lipinski definition) is 1. The quantitative estimate of drug-likeness (QED) is 0.935. The first-order valence-corrected chi connectivity index (χ1v) is 6.74. The fourth-order valence-electron chi connectivity index (χ4n) is 1.66. The summed E-state index contributed by atoms with van der Waals surface area (Å²) in [5.41, 5.74) is 0.874.